The van der Waals surface area contributed by atoms with E-state index < -0.39 is 10.2 Å². The first-order valence-corrected chi connectivity index (χ1v) is 8.33. The number of hydrogen-bond donors (Lipinski definition) is 1. The van der Waals surface area contributed by atoms with Crippen LogP contribution in [0.1, 0.15) is 19.3 Å². The van der Waals surface area contributed by atoms with Crippen LogP contribution < -0.4 is 5.73 Å². The van der Waals surface area contributed by atoms with Crippen molar-refractivity contribution in [2.75, 3.05) is 53.9 Å². The third-order valence-corrected chi connectivity index (χ3v) is 5.58. The topological polar surface area (TPSA) is 69.9 Å². The zero-order valence-electron chi connectivity index (χ0n) is 12.4. The minimum absolute atomic E-state index is 0.496. The Balaban J connectivity index is 2.49. The van der Waals surface area contributed by atoms with Gasteiger partial charge in [-0.2, -0.15) is 17.0 Å². The Bertz CT molecular complexity index is 351. The molecule has 1 aliphatic rings. The van der Waals surface area contributed by atoms with Gasteiger partial charge in [0.25, 0.3) is 10.2 Å². The highest BCUT2D eigenvalue weighted by Gasteiger charge is 2.30. The van der Waals surface area contributed by atoms with Crippen LogP contribution in [0.3, 0.4) is 0 Å². The van der Waals surface area contributed by atoms with E-state index in [1.807, 2.05) is 0 Å². The van der Waals surface area contributed by atoms with Crippen LogP contribution in [0.25, 0.3) is 0 Å². The lowest BCUT2D eigenvalue weighted by molar-refractivity contribution is 0.217. The number of rotatable bonds is 7. The van der Waals surface area contributed by atoms with E-state index >= 15 is 0 Å². The number of nitrogens with zero attached hydrogens (tertiary/aromatic N) is 3. The summed E-state index contributed by atoms with van der Waals surface area (Å²) >= 11 is 0. The van der Waals surface area contributed by atoms with Crippen LogP contribution in [0.15, 0.2) is 0 Å². The zero-order valence-corrected chi connectivity index (χ0v) is 13.2. The summed E-state index contributed by atoms with van der Waals surface area (Å²) < 4.78 is 27.7. The maximum Gasteiger partial charge on any atom is 0.281 e. The Hall–Kier alpha value is -0.210. The fourth-order valence-corrected chi connectivity index (χ4v) is 3.89. The van der Waals surface area contributed by atoms with Crippen molar-refractivity contribution >= 4 is 10.2 Å². The molecule has 0 radical (unpaired) electrons. The van der Waals surface area contributed by atoms with Crippen molar-refractivity contribution < 1.29 is 8.42 Å². The lowest BCUT2D eigenvalue weighted by Gasteiger charge is -2.34. The van der Waals surface area contributed by atoms with Gasteiger partial charge in [-0.1, -0.05) is 0 Å². The van der Waals surface area contributed by atoms with Gasteiger partial charge in [0, 0.05) is 33.2 Å². The summed E-state index contributed by atoms with van der Waals surface area (Å²) in [6.45, 7) is 3.32. The molecule has 0 unspecified atom stereocenters. The lowest BCUT2D eigenvalue weighted by atomic mass is 9.98. The van der Waals surface area contributed by atoms with Gasteiger partial charge in [-0.15, -0.1) is 0 Å². The summed E-state index contributed by atoms with van der Waals surface area (Å²) in [6, 6.07) is 0. The van der Waals surface area contributed by atoms with Gasteiger partial charge in [-0.05, 0) is 45.8 Å². The Kier molecular flexibility index (Phi) is 6.68. The van der Waals surface area contributed by atoms with Crippen molar-refractivity contribution in [2.24, 2.45) is 11.7 Å². The second-order valence-corrected chi connectivity index (χ2v) is 7.61. The summed E-state index contributed by atoms with van der Waals surface area (Å²) in [7, 11) is 2.47. The summed E-state index contributed by atoms with van der Waals surface area (Å²) in [5.74, 6) is 0.607. The minimum atomic E-state index is -3.29. The van der Waals surface area contributed by atoms with E-state index in [1.54, 1.807) is 11.4 Å². The maximum absolute atomic E-state index is 12.3. The number of nitrogens with two attached hydrogens (primary N) is 1. The smallest absolute Gasteiger partial charge is 0.281 e. The average molecular weight is 292 g/mol. The Labute approximate surface area is 117 Å². The Morgan fingerprint density at radius 1 is 1.21 bits per heavy atom. The summed E-state index contributed by atoms with van der Waals surface area (Å²) in [5.41, 5.74) is 5.42. The monoisotopic (exact) mass is 292 g/mol. The largest absolute Gasteiger partial charge is 0.330 e. The molecule has 0 spiro atoms. The van der Waals surface area contributed by atoms with E-state index in [0.29, 0.717) is 38.5 Å². The van der Waals surface area contributed by atoms with Crippen LogP contribution in [-0.4, -0.2) is 75.8 Å². The standard InChI is InChI=1S/C12H28N4O2S/c1-14(2)11-12-5-9-16(10-6-12)19(17,18)15(3)8-4-7-13/h12H,4-11,13H2,1-3H3. The highest BCUT2D eigenvalue weighted by atomic mass is 32.2. The van der Waals surface area contributed by atoms with Gasteiger partial charge in [0.1, 0.15) is 0 Å². The van der Waals surface area contributed by atoms with Crippen LogP contribution in [0.2, 0.25) is 0 Å². The zero-order chi connectivity index (χ0) is 14.5. The predicted molar refractivity (Wildman–Crippen MR) is 78.1 cm³/mol. The molecular weight excluding hydrogens is 264 g/mol. The molecular formula is C12H28N4O2S. The molecule has 0 bridgehead atoms. The van der Waals surface area contributed by atoms with Crippen LogP contribution >= 0.6 is 0 Å². The molecule has 0 aromatic carbocycles. The van der Waals surface area contributed by atoms with E-state index in [0.717, 1.165) is 19.4 Å². The molecule has 0 amide bonds. The van der Waals surface area contributed by atoms with Gasteiger partial charge >= 0.3 is 0 Å². The number of piperidine rings is 1. The lowest BCUT2D eigenvalue weighted by Crippen LogP contribution is -2.47. The van der Waals surface area contributed by atoms with Crippen LogP contribution in [0, 0.1) is 5.92 Å². The van der Waals surface area contributed by atoms with Crippen molar-refractivity contribution in [3.63, 3.8) is 0 Å². The molecule has 1 aliphatic heterocycles. The highest BCUT2D eigenvalue weighted by Crippen LogP contribution is 2.21. The van der Waals surface area contributed by atoms with Crippen LogP contribution in [0.5, 0.6) is 0 Å². The van der Waals surface area contributed by atoms with E-state index in [2.05, 4.69) is 19.0 Å². The van der Waals surface area contributed by atoms with Crippen molar-refractivity contribution in [2.45, 2.75) is 19.3 Å². The van der Waals surface area contributed by atoms with E-state index in [-0.39, 0.29) is 0 Å². The summed E-state index contributed by atoms with van der Waals surface area (Å²) in [5, 5.41) is 0. The first-order chi connectivity index (χ1) is 8.87. The van der Waals surface area contributed by atoms with Crippen molar-refractivity contribution in [1.29, 1.82) is 0 Å². The van der Waals surface area contributed by atoms with Crippen LogP contribution in [0.4, 0.5) is 0 Å². The van der Waals surface area contributed by atoms with Gasteiger partial charge in [0.05, 0.1) is 0 Å². The first-order valence-electron chi connectivity index (χ1n) is 6.94. The average Bonchev–Trinajstić information content (AvgIpc) is 2.35. The normalized spacial score (nSPS) is 19.5. The quantitative estimate of drug-likeness (QED) is 0.705. The van der Waals surface area contributed by atoms with Crippen molar-refractivity contribution in [1.82, 2.24) is 13.5 Å². The molecule has 6 nitrogen and oxygen atoms in total. The third kappa shape index (κ3) is 5.00. The van der Waals surface area contributed by atoms with Gasteiger partial charge in [-0.3, -0.25) is 0 Å². The molecule has 0 aliphatic carbocycles. The molecule has 114 valence electrons. The van der Waals surface area contributed by atoms with Gasteiger partial charge < -0.3 is 10.6 Å². The molecule has 1 heterocycles. The number of hydrogen-bond acceptors (Lipinski definition) is 4. The predicted octanol–water partition coefficient (Wildman–Crippen LogP) is -0.215. The third-order valence-electron chi connectivity index (χ3n) is 3.59. The SMILES string of the molecule is CN(C)CC1CCN(S(=O)(=O)N(C)CCCN)CC1. The minimum Gasteiger partial charge on any atom is -0.330 e. The molecule has 0 aromatic rings. The molecule has 2 N–H and O–H groups in total. The Morgan fingerprint density at radius 3 is 2.26 bits per heavy atom. The fraction of sp³-hybridized carbons (Fsp3) is 1.00. The fourth-order valence-electron chi connectivity index (χ4n) is 2.47. The second kappa shape index (κ2) is 7.54. The van der Waals surface area contributed by atoms with Crippen molar-refractivity contribution in [3.8, 4) is 0 Å². The summed E-state index contributed by atoms with van der Waals surface area (Å²) in [6.07, 6.45) is 2.59. The van der Waals surface area contributed by atoms with E-state index in [1.165, 1.54) is 4.31 Å². The highest BCUT2D eigenvalue weighted by molar-refractivity contribution is 7.86. The van der Waals surface area contributed by atoms with Gasteiger partial charge in [0.2, 0.25) is 0 Å². The molecule has 0 saturated carbocycles. The van der Waals surface area contributed by atoms with E-state index in [4.69, 9.17) is 5.73 Å². The second-order valence-electron chi connectivity index (χ2n) is 5.58. The molecule has 19 heavy (non-hydrogen) atoms. The maximum atomic E-state index is 12.3. The molecule has 1 fully saturated rings. The van der Waals surface area contributed by atoms with Crippen LogP contribution in [-0.2, 0) is 10.2 Å². The van der Waals surface area contributed by atoms with E-state index in [9.17, 15) is 8.42 Å². The Morgan fingerprint density at radius 2 is 1.79 bits per heavy atom. The summed E-state index contributed by atoms with van der Waals surface area (Å²) in [4.78, 5) is 2.17. The first kappa shape index (κ1) is 16.8. The molecule has 0 aromatic heterocycles. The molecule has 1 rings (SSSR count). The van der Waals surface area contributed by atoms with Crippen molar-refractivity contribution in [3.05, 3.63) is 0 Å². The molecule has 0 atom stereocenters. The molecule has 1 saturated heterocycles. The van der Waals surface area contributed by atoms with Gasteiger partial charge in [0.15, 0.2) is 0 Å². The molecule has 7 heteroatoms. The van der Waals surface area contributed by atoms with Gasteiger partial charge in [-0.25, -0.2) is 0 Å².